The van der Waals surface area contributed by atoms with Crippen LogP contribution in [0.15, 0.2) is 5.10 Å². The second-order valence-electron chi connectivity index (χ2n) is 7.23. The summed E-state index contributed by atoms with van der Waals surface area (Å²) in [7, 11) is 0. The molecule has 0 radical (unpaired) electrons. The molecule has 2 unspecified atom stereocenters. The van der Waals surface area contributed by atoms with E-state index in [1.165, 1.54) is 0 Å². The number of hydrazine groups is 1. The van der Waals surface area contributed by atoms with Crippen LogP contribution in [0, 0.1) is 11.4 Å². The number of ether oxygens (including phenoxy) is 1. The summed E-state index contributed by atoms with van der Waals surface area (Å²) in [6, 6.07) is -1.13. The number of carbonyl (C=O) groups is 2. The van der Waals surface area contributed by atoms with Gasteiger partial charge in [0.1, 0.15) is 16.1 Å². The van der Waals surface area contributed by atoms with Crippen molar-refractivity contribution in [1.82, 2.24) is 15.0 Å². The molecule has 14 heteroatoms. The summed E-state index contributed by atoms with van der Waals surface area (Å²) >= 11 is 12.8. The maximum atomic E-state index is 13.9. The third-order valence-electron chi connectivity index (χ3n) is 3.95. The van der Waals surface area contributed by atoms with Crippen molar-refractivity contribution in [1.29, 1.82) is 0 Å². The number of aliphatic carboxylic acids is 1. The number of halogens is 3. The molecule has 1 aromatic rings. The molecule has 30 heavy (non-hydrogen) atoms. The fourth-order valence-corrected chi connectivity index (χ4v) is 3.64. The van der Waals surface area contributed by atoms with Gasteiger partial charge < -0.3 is 15.6 Å². The highest BCUT2D eigenvalue weighted by Crippen LogP contribution is 2.37. The lowest BCUT2D eigenvalue weighted by atomic mass is 9.85. The summed E-state index contributed by atoms with van der Waals surface area (Å²) in [4.78, 5) is 28.4. The number of amides is 1. The molecule has 5 N–H and O–H groups in total. The summed E-state index contributed by atoms with van der Waals surface area (Å²) < 4.78 is 19.3. The molecule has 166 valence electrons. The van der Waals surface area contributed by atoms with Crippen LogP contribution in [0.25, 0.3) is 0 Å². The van der Waals surface area contributed by atoms with Gasteiger partial charge in [0.25, 0.3) is 12.1 Å². The Bertz CT molecular complexity index is 897. The zero-order valence-corrected chi connectivity index (χ0v) is 18.8. The first-order valence-electron chi connectivity index (χ1n) is 8.59. The van der Waals surface area contributed by atoms with E-state index in [0.29, 0.717) is 5.75 Å². The minimum absolute atomic E-state index is 0.0682. The molecule has 0 saturated heterocycles. The molecule has 1 amide bonds. The lowest BCUT2D eigenvalue weighted by Gasteiger charge is -2.44. The Morgan fingerprint density at radius 2 is 2.00 bits per heavy atom. The molecule has 2 atom stereocenters. The topological polar surface area (TPSA) is 147 Å². The van der Waals surface area contributed by atoms with Gasteiger partial charge in [-0.3, -0.25) is 4.79 Å². The molecule has 0 bridgehead atoms. The van der Waals surface area contributed by atoms with Gasteiger partial charge in [-0.15, -0.1) is 5.10 Å². The van der Waals surface area contributed by atoms with Crippen LogP contribution in [0.1, 0.15) is 27.7 Å². The second kappa shape index (κ2) is 9.00. The average molecular weight is 483 g/mol. The second-order valence-corrected chi connectivity index (χ2v) is 9.22. The Labute approximate surface area is 186 Å². The number of carbonyl (C=O) groups excluding carboxylic acids is 1. The molecule has 0 fully saturated rings. The Kier molecular flexibility index (Phi) is 7.28. The molecular weight excluding hydrogens is 462 g/mol. The number of amidine groups is 1. The highest BCUT2D eigenvalue weighted by atomic mass is 35.5. The molecule has 1 aromatic heterocycles. The Morgan fingerprint density at radius 1 is 1.40 bits per heavy atom. The maximum Gasteiger partial charge on any atom is 0.368 e. The number of hydrazone groups is 1. The van der Waals surface area contributed by atoms with Crippen molar-refractivity contribution in [3.63, 3.8) is 0 Å². The van der Waals surface area contributed by atoms with Crippen LogP contribution < -0.4 is 16.3 Å². The van der Waals surface area contributed by atoms with Gasteiger partial charge in [0.2, 0.25) is 17.0 Å². The molecule has 1 aliphatic rings. The Hall–Kier alpha value is -2.02. The van der Waals surface area contributed by atoms with E-state index in [4.69, 9.17) is 39.5 Å². The molecule has 1 aliphatic heterocycles. The van der Waals surface area contributed by atoms with Crippen LogP contribution in [0.2, 0.25) is 10.0 Å². The van der Waals surface area contributed by atoms with Crippen LogP contribution in [-0.2, 0) is 9.59 Å². The van der Waals surface area contributed by atoms with E-state index in [1.807, 2.05) is 0 Å². The number of anilines is 1. The Balaban J connectivity index is 2.60. The summed E-state index contributed by atoms with van der Waals surface area (Å²) in [6.45, 7) is 6.91. The quantitative estimate of drug-likeness (QED) is 0.326. The molecule has 10 nitrogen and oxygen atoms in total. The van der Waals surface area contributed by atoms with E-state index in [0.717, 1.165) is 21.8 Å². The van der Waals surface area contributed by atoms with E-state index in [1.54, 1.807) is 27.7 Å². The standard InChI is InChI=1S/C16H21Cl2FN6O4S/c1-5-30-15-23-25(9(16(2,3)4)12(26)24(15)21)13(14(27)28)29-11-7(18)8(20)6(17)10(19)22-11/h9,13H,5,21H2,1-4H3,(H2,20,22)(H,27,28). The van der Waals surface area contributed by atoms with Gasteiger partial charge in [-0.25, -0.2) is 20.7 Å². The fourth-order valence-electron chi connectivity index (χ4n) is 2.64. The molecule has 0 aromatic carbocycles. The normalized spacial score (nSPS) is 18.3. The van der Waals surface area contributed by atoms with Crippen LogP contribution in [0.5, 0.6) is 5.88 Å². The van der Waals surface area contributed by atoms with Gasteiger partial charge in [-0.2, -0.15) is 9.37 Å². The monoisotopic (exact) mass is 482 g/mol. The van der Waals surface area contributed by atoms with Crippen molar-refractivity contribution in [2.45, 2.75) is 40.0 Å². The van der Waals surface area contributed by atoms with Gasteiger partial charge in [-0.1, -0.05) is 62.7 Å². The van der Waals surface area contributed by atoms with E-state index >= 15 is 0 Å². The molecule has 0 saturated carbocycles. The minimum Gasteiger partial charge on any atom is -0.477 e. The third kappa shape index (κ3) is 4.66. The van der Waals surface area contributed by atoms with Gasteiger partial charge in [0, 0.05) is 0 Å². The highest BCUT2D eigenvalue weighted by Gasteiger charge is 2.48. The average Bonchev–Trinajstić information content (AvgIpc) is 2.64. The number of nitrogens with two attached hydrogens (primary N) is 2. The largest absolute Gasteiger partial charge is 0.477 e. The maximum absolute atomic E-state index is 13.9. The summed E-state index contributed by atoms with van der Waals surface area (Å²) in [5.74, 6) is 2.45. The summed E-state index contributed by atoms with van der Waals surface area (Å²) in [6.07, 6.45) is -1.90. The number of pyridine rings is 1. The van der Waals surface area contributed by atoms with Crippen molar-refractivity contribution >= 4 is 57.7 Å². The number of hydrogen-bond donors (Lipinski definition) is 3. The number of nitrogens with zero attached hydrogens (tertiary/aromatic N) is 4. The van der Waals surface area contributed by atoms with Crippen molar-refractivity contribution in [2.24, 2.45) is 16.4 Å². The lowest BCUT2D eigenvalue weighted by Crippen LogP contribution is -2.64. The van der Waals surface area contributed by atoms with Gasteiger partial charge >= 0.3 is 5.97 Å². The third-order valence-corrected chi connectivity index (χ3v) is 5.50. The lowest BCUT2D eigenvalue weighted by molar-refractivity contribution is -0.165. The van der Waals surface area contributed by atoms with Crippen molar-refractivity contribution in [3.8, 4) is 5.88 Å². The van der Waals surface area contributed by atoms with E-state index in [2.05, 4.69) is 10.1 Å². The first-order valence-corrected chi connectivity index (χ1v) is 10.3. The number of carboxylic acids is 1. The van der Waals surface area contributed by atoms with Gasteiger partial charge in [0.05, 0.1) is 5.69 Å². The number of thioether (sulfide) groups is 1. The zero-order chi connectivity index (χ0) is 23.0. The SMILES string of the molecule is CCSC1=NN(C(Oc2nc(F)c(Cl)c(N)c2Cl)C(=O)O)C(C(C)(C)C)C(=O)N1N. The smallest absolute Gasteiger partial charge is 0.368 e. The van der Waals surface area contributed by atoms with Crippen molar-refractivity contribution in [3.05, 3.63) is 16.0 Å². The molecule has 2 heterocycles. The predicted molar refractivity (Wildman–Crippen MR) is 112 cm³/mol. The number of hydrogen-bond acceptors (Lipinski definition) is 9. The molecule has 0 spiro atoms. The summed E-state index contributed by atoms with van der Waals surface area (Å²) in [5, 5.41) is 15.0. The molecule has 0 aliphatic carbocycles. The highest BCUT2D eigenvalue weighted by molar-refractivity contribution is 8.13. The van der Waals surface area contributed by atoms with Gasteiger partial charge in [-0.05, 0) is 11.2 Å². The van der Waals surface area contributed by atoms with Crippen LogP contribution in [0.4, 0.5) is 10.1 Å². The van der Waals surface area contributed by atoms with E-state index < -0.39 is 46.4 Å². The van der Waals surface area contributed by atoms with Crippen LogP contribution in [0.3, 0.4) is 0 Å². The Morgan fingerprint density at radius 3 is 2.50 bits per heavy atom. The zero-order valence-electron chi connectivity index (χ0n) is 16.5. The van der Waals surface area contributed by atoms with E-state index in [-0.39, 0.29) is 15.9 Å². The number of carboxylic acid groups (broad SMARTS) is 1. The number of rotatable bonds is 5. The van der Waals surface area contributed by atoms with Gasteiger partial charge in [0.15, 0.2) is 0 Å². The number of aromatic nitrogens is 1. The molecular formula is C16H21Cl2FN6O4S. The van der Waals surface area contributed by atoms with Crippen LogP contribution >= 0.6 is 35.0 Å². The minimum atomic E-state index is -1.90. The fraction of sp³-hybridized carbons (Fsp3) is 0.500. The summed E-state index contributed by atoms with van der Waals surface area (Å²) in [5.41, 5.74) is 4.44. The van der Waals surface area contributed by atoms with E-state index in [9.17, 15) is 19.1 Å². The van der Waals surface area contributed by atoms with Crippen LogP contribution in [-0.4, -0.2) is 55.2 Å². The first-order chi connectivity index (χ1) is 13.8. The van der Waals surface area contributed by atoms with Crippen molar-refractivity contribution in [2.75, 3.05) is 11.5 Å². The first kappa shape index (κ1) is 24.3. The number of nitrogen functional groups attached to an aromatic ring is 1. The molecule has 2 rings (SSSR count). The van der Waals surface area contributed by atoms with Crippen molar-refractivity contribution < 1.29 is 23.8 Å². The predicted octanol–water partition coefficient (Wildman–Crippen LogP) is 2.36.